The number of hydrogen-bond donors (Lipinski definition) is 1. The van der Waals surface area contributed by atoms with Crippen molar-refractivity contribution in [2.24, 2.45) is 0 Å². The van der Waals surface area contributed by atoms with E-state index in [-0.39, 0.29) is 12.2 Å². The Morgan fingerprint density at radius 1 is 0.759 bits per heavy atom. The van der Waals surface area contributed by atoms with Crippen LogP contribution in [-0.4, -0.2) is 25.7 Å². The first-order valence-corrected chi connectivity index (χ1v) is 9.55. The maximum atomic E-state index is 13.5. The van der Waals surface area contributed by atoms with Crippen molar-refractivity contribution in [3.05, 3.63) is 95.3 Å². The summed E-state index contributed by atoms with van der Waals surface area (Å²) >= 11 is 0. The Hall–Kier alpha value is -3.70. The Kier molecular flexibility index (Phi) is 4.22. The van der Waals surface area contributed by atoms with Crippen molar-refractivity contribution in [1.82, 2.24) is 14.0 Å². The number of nitrogens with zero attached hydrogens (tertiary/aromatic N) is 3. The van der Waals surface area contributed by atoms with Gasteiger partial charge in [-0.1, -0.05) is 72.8 Å². The molecule has 29 heavy (non-hydrogen) atoms. The molecule has 5 nitrogen and oxygen atoms in total. The molecule has 5 heteroatoms. The van der Waals surface area contributed by atoms with E-state index in [1.54, 1.807) is 10.5 Å². The zero-order valence-corrected chi connectivity index (χ0v) is 15.7. The van der Waals surface area contributed by atoms with Crippen LogP contribution in [0.25, 0.3) is 39.2 Å². The molecule has 0 amide bonds. The van der Waals surface area contributed by atoms with Gasteiger partial charge in [-0.3, -0.25) is 4.79 Å². The van der Waals surface area contributed by atoms with Gasteiger partial charge >= 0.3 is 0 Å². The second-order valence-electron chi connectivity index (χ2n) is 6.87. The smallest absolute Gasteiger partial charge is 0.267 e. The molecule has 0 saturated carbocycles. The minimum absolute atomic E-state index is 0.0545. The number of hydrogen-bond acceptors (Lipinski definition) is 3. The predicted molar refractivity (Wildman–Crippen MR) is 115 cm³/mol. The van der Waals surface area contributed by atoms with E-state index in [4.69, 9.17) is 4.98 Å². The molecule has 0 aliphatic rings. The number of imidazole rings is 1. The molecule has 1 N–H and O–H groups in total. The molecular weight excluding hydrogens is 362 g/mol. The van der Waals surface area contributed by atoms with Gasteiger partial charge in [-0.25, -0.2) is 9.38 Å². The first kappa shape index (κ1) is 17.4. The van der Waals surface area contributed by atoms with Gasteiger partial charge in [0.05, 0.1) is 28.9 Å². The number of rotatable bonds is 4. The van der Waals surface area contributed by atoms with Gasteiger partial charge in [-0.2, -0.15) is 0 Å². The molecule has 0 unspecified atom stereocenters. The largest absolute Gasteiger partial charge is 0.395 e. The van der Waals surface area contributed by atoms with Gasteiger partial charge in [0, 0.05) is 17.7 Å². The number of benzene rings is 3. The first-order valence-electron chi connectivity index (χ1n) is 9.55. The summed E-state index contributed by atoms with van der Waals surface area (Å²) in [5.74, 6) is 0.528. The van der Waals surface area contributed by atoms with Crippen molar-refractivity contribution in [3.63, 3.8) is 0 Å². The molecule has 5 aromatic rings. The number of aromatic nitrogens is 3. The van der Waals surface area contributed by atoms with E-state index in [1.165, 1.54) is 0 Å². The average molecular weight is 381 g/mol. The number of aliphatic hydroxyl groups is 1. The lowest BCUT2D eigenvalue weighted by molar-refractivity contribution is 0.278. The van der Waals surface area contributed by atoms with Crippen molar-refractivity contribution in [3.8, 4) is 22.5 Å². The monoisotopic (exact) mass is 381 g/mol. The highest BCUT2D eigenvalue weighted by molar-refractivity contribution is 5.86. The van der Waals surface area contributed by atoms with Crippen LogP contribution in [0.5, 0.6) is 0 Å². The van der Waals surface area contributed by atoms with E-state index < -0.39 is 0 Å². The fraction of sp³-hybridized carbons (Fsp3) is 0.0833. The topological polar surface area (TPSA) is 59.5 Å². The van der Waals surface area contributed by atoms with Crippen LogP contribution in [0.15, 0.2) is 89.7 Å². The molecule has 0 bridgehead atoms. The summed E-state index contributed by atoms with van der Waals surface area (Å²) in [5, 5.41) is 10.3. The molecule has 0 fully saturated rings. The van der Waals surface area contributed by atoms with Crippen LogP contribution in [0.2, 0.25) is 0 Å². The molecule has 0 spiro atoms. The highest BCUT2D eigenvalue weighted by Crippen LogP contribution is 2.34. The van der Waals surface area contributed by atoms with Gasteiger partial charge in [0.25, 0.3) is 5.56 Å². The van der Waals surface area contributed by atoms with Gasteiger partial charge < -0.3 is 9.67 Å². The van der Waals surface area contributed by atoms with Crippen LogP contribution in [-0.2, 0) is 6.54 Å². The summed E-state index contributed by atoms with van der Waals surface area (Å²) in [7, 11) is 0. The molecule has 0 radical (unpaired) electrons. The fourth-order valence-corrected chi connectivity index (χ4v) is 3.90. The quantitative estimate of drug-likeness (QED) is 0.512. The van der Waals surface area contributed by atoms with Gasteiger partial charge in [-0.05, 0) is 12.1 Å². The Labute approximate surface area is 167 Å². The lowest BCUT2D eigenvalue weighted by Gasteiger charge is -2.10. The first-order chi connectivity index (χ1) is 14.3. The molecular formula is C24H19N3O2. The Bertz CT molecular complexity index is 1370. The minimum atomic E-state index is -0.113. The summed E-state index contributed by atoms with van der Waals surface area (Å²) in [5.41, 5.74) is 4.07. The molecule has 142 valence electrons. The third kappa shape index (κ3) is 2.75. The van der Waals surface area contributed by atoms with Crippen LogP contribution >= 0.6 is 0 Å². The van der Waals surface area contributed by atoms with Crippen molar-refractivity contribution in [2.75, 3.05) is 6.61 Å². The summed E-state index contributed by atoms with van der Waals surface area (Å²) in [6, 6.07) is 27.2. The second-order valence-corrected chi connectivity index (χ2v) is 6.87. The zero-order chi connectivity index (χ0) is 19.8. The molecule has 0 atom stereocenters. The zero-order valence-electron chi connectivity index (χ0n) is 15.7. The van der Waals surface area contributed by atoms with Crippen molar-refractivity contribution in [2.45, 2.75) is 6.54 Å². The Balaban J connectivity index is 2.03. The third-order valence-electron chi connectivity index (χ3n) is 5.14. The summed E-state index contributed by atoms with van der Waals surface area (Å²) in [6.07, 6.45) is 0. The van der Waals surface area contributed by atoms with E-state index in [2.05, 4.69) is 0 Å². The lowest BCUT2D eigenvalue weighted by Crippen LogP contribution is -2.16. The number of aliphatic hydroxyl groups excluding tert-OH is 1. The van der Waals surface area contributed by atoms with Crippen molar-refractivity contribution in [1.29, 1.82) is 0 Å². The van der Waals surface area contributed by atoms with E-state index in [1.807, 2.05) is 83.4 Å². The van der Waals surface area contributed by atoms with Gasteiger partial charge in [-0.15, -0.1) is 0 Å². The van der Waals surface area contributed by atoms with Crippen LogP contribution in [0.1, 0.15) is 0 Å². The molecule has 0 aliphatic heterocycles. The predicted octanol–water partition coefficient (Wildman–Crippen LogP) is 3.98. The lowest BCUT2D eigenvalue weighted by atomic mass is 10.0. The third-order valence-corrected chi connectivity index (χ3v) is 5.14. The minimum Gasteiger partial charge on any atom is -0.395 e. The summed E-state index contributed by atoms with van der Waals surface area (Å²) in [6.45, 7) is 0.284. The van der Waals surface area contributed by atoms with Crippen LogP contribution in [0.3, 0.4) is 0 Å². The van der Waals surface area contributed by atoms with Gasteiger partial charge in [0.1, 0.15) is 0 Å². The van der Waals surface area contributed by atoms with Crippen LogP contribution < -0.4 is 5.56 Å². The normalized spacial score (nSPS) is 11.3. The summed E-state index contributed by atoms with van der Waals surface area (Å²) in [4.78, 5) is 18.3. The van der Waals surface area contributed by atoms with Gasteiger partial charge in [0.15, 0.2) is 0 Å². The molecule has 3 aromatic carbocycles. The maximum Gasteiger partial charge on any atom is 0.267 e. The van der Waals surface area contributed by atoms with E-state index in [0.717, 1.165) is 22.5 Å². The highest BCUT2D eigenvalue weighted by Gasteiger charge is 2.23. The standard InChI is InChI=1S/C24H19N3O2/c28-16-15-26-21(17-9-3-1-4-10-17)22(18-11-5-2-6-12-18)27-23(29)19-13-7-8-14-20(19)25-24(26)27/h1-14,28H,15-16H2. The van der Waals surface area contributed by atoms with E-state index in [9.17, 15) is 9.90 Å². The van der Waals surface area contributed by atoms with Gasteiger partial charge in [0.2, 0.25) is 5.78 Å². The van der Waals surface area contributed by atoms with E-state index >= 15 is 0 Å². The summed E-state index contributed by atoms with van der Waals surface area (Å²) < 4.78 is 3.61. The number of fused-ring (bicyclic) bond motifs is 2. The Morgan fingerprint density at radius 3 is 2.00 bits per heavy atom. The second kappa shape index (κ2) is 7.04. The number of para-hydroxylation sites is 1. The van der Waals surface area contributed by atoms with Crippen molar-refractivity contribution >= 4 is 16.7 Å². The SMILES string of the molecule is O=c1c2ccccc2nc2n(CCO)c(-c3ccccc3)c(-c3ccccc3)n12. The molecule has 2 heterocycles. The highest BCUT2D eigenvalue weighted by atomic mass is 16.3. The van der Waals surface area contributed by atoms with Crippen LogP contribution in [0.4, 0.5) is 0 Å². The fourth-order valence-electron chi connectivity index (χ4n) is 3.90. The molecule has 2 aromatic heterocycles. The van der Waals surface area contributed by atoms with Crippen molar-refractivity contribution < 1.29 is 5.11 Å². The molecule has 5 rings (SSSR count). The van der Waals surface area contributed by atoms with Crippen LogP contribution in [0, 0.1) is 0 Å². The maximum absolute atomic E-state index is 13.5. The van der Waals surface area contributed by atoms with E-state index in [0.29, 0.717) is 23.2 Å². The molecule has 0 aliphatic carbocycles. The Morgan fingerprint density at radius 2 is 1.34 bits per heavy atom. The average Bonchev–Trinajstić information content (AvgIpc) is 3.10. The molecule has 0 saturated heterocycles.